The Hall–Kier alpha value is -4.42. The standard InChI is InChI=1S/C25H14O10S2/c26-15-9-5-13(6-10-15)25(14-7-11-16(27)12-8-14)18-4-2-1-3-17(18)19-20(25)22-24(35-37(30,31)33-22)23-21(19)32-36(28,29)34-23/h1-12,26-27H. The van der Waals surface area contributed by atoms with Crippen LogP contribution in [0, 0.1) is 0 Å². The lowest BCUT2D eigenvalue weighted by Gasteiger charge is -2.34. The zero-order chi connectivity index (χ0) is 25.7. The maximum absolute atomic E-state index is 12.5. The van der Waals surface area contributed by atoms with E-state index < -0.39 is 37.7 Å². The van der Waals surface area contributed by atoms with Gasteiger partial charge < -0.3 is 26.9 Å². The highest BCUT2D eigenvalue weighted by Gasteiger charge is 2.56. The van der Waals surface area contributed by atoms with E-state index >= 15 is 0 Å². The molecule has 0 atom stereocenters. The van der Waals surface area contributed by atoms with Crippen molar-refractivity contribution in [3.8, 4) is 45.6 Å². The Labute approximate surface area is 210 Å². The molecule has 3 aliphatic rings. The van der Waals surface area contributed by atoms with Crippen LogP contribution < -0.4 is 16.7 Å². The van der Waals surface area contributed by atoms with Gasteiger partial charge in [0.2, 0.25) is 17.2 Å². The van der Waals surface area contributed by atoms with E-state index in [1.54, 1.807) is 42.5 Å². The Morgan fingerprint density at radius 3 is 1.59 bits per heavy atom. The summed E-state index contributed by atoms with van der Waals surface area (Å²) in [4.78, 5) is 0. The van der Waals surface area contributed by atoms with E-state index in [9.17, 15) is 27.0 Å². The van der Waals surface area contributed by atoms with Crippen molar-refractivity contribution in [2.45, 2.75) is 5.41 Å². The molecule has 4 aromatic carbocycles. The number of hydrogen-bond acceptors (Lipinski definition) is 10. The first-order chi connectivity index (χ1) is 17.6. The first kappa shape index (κ1) is 21.8. The van der Waals surface area contributed by atoms with Crippen LogP contribution in [0.15, 0.2) is 72.8 Å². The number of phenols is 2. The van der Waals surface area contributed by atoms with E-state index in [2.05, 4.69) is 0 Å². The van der Waals surface area contributed by atoms with Crippen LogP contribution in [0.3, 0.4) is 0 Å². The average Bonchev–Trinajstić information content (AvgIpc) is 3.46. The molecule has 0 spiro atoms. The summed E-state index contributed by atoms with van der Waals surface area (Å²) < 4.78 is 70.5. The van der Waals surface area contributed by atoms with Crippen LogP contribution >= 0.6 is 0 Å². The van der Waals surface area contributed by atoms with Crippen molar-refractivity contribution < 1.29 is 43.8 Å². The van der Waals surface area contributed by atoms with Crippen molar-refractivity contribution in [3.05, 3.63) is 95.1 Å². The zero-order valence-corrected chi connectivity index (χ0v) is 20.0. The second kappa shape index (κ2) is 6.87. The van der Waals surface area contributed by atoms with Crippen molar-refractivity contribution >= 4 is 20.8 Å². The zero-order valence-electron chi connectivity index (χ0n) is 18.4. The maximum atomic E-state index is 12.5. The number of hydrogen-bond donors (Lipinski definition) is 2. The SMILES string of the molecule is O=S1(=O)Oc2c3c(c4c(c2O1)-c1ccccc1C4(c1ccc(O)cc1)c1ccc(O)cc1)OS(=O)(=O)O3. The molecule has 1 aliphatic carbocycles. The fourth-order valence-electron chi connectivity index (χ4n) is 5.38. The Kier molecular flexibility index (Phi) is 4.05. The molecule has 0 saturated carbocycles. The largest absolute Gasteiger partial charge is 0.508 e. The second-order valence-corrected chi connectivity index (χ2v) is 10.9. The molecule has 4 aromatic rings. The van der Waals surface area contributed by atoms with Crippen molar-refractivity contribution in [2.24, 2.45) is 0 Å². The molecule has 37 heavy (non-hydrogen) atoms. The molecule has 0 aromatic heterocycles. The van der Waals surface area contributed by atoms with Gasteiger partial charge in [0, 0.05) is 11.1 Å². The van der Waals surface area contributed by atoms with Crippen LogP contribution in [0.4, 0.5) is 0 Å². The van der Waals surface area contributed by atoms with Gasteiger partial charge in [-0.25, -0.2) is 0 Å². The number of benzene rings is 4. The molecule has 0 saturated heterocycles. The third-order valence-electron chi connectivity index (χ3n) is 6.64. The minimum Gasteiger partial charge on any atom is -0.508 e. The van der Waals surface area contributed by atoms with Gasteiger partial charge in [0.25, 0.3) is 0 Å². The molecule has 12 heteroatoms. The number of fused-ring (bicyclic) bond motifs is 8. The number of rotatable bonds is 2. The van der Waals surface area contributed by atoms with E-state index in [1.807, 2.05) is 6.07 Å². The smallest absolute Gasteiger partial charge is 0.501 e. The fourth-order valence-corrected chi connectivity index (χ4v) is 6.89. The quantitative estimate of drug-likeness (QED) is 0.342. The second-order valence-electron chi connectivity index (χ2n) is 8.61. The Balaban J connectivity index is 1.72. The predicted molar refractivity (Wildman–Crippen MR) is 127 cm³/mol. The van der Waals surface area contributed by atoms with E-state index in [4.69, 9.17) is 16.7 Å². The van der Waals surface area contributed by atoms with Crippen LogP contribution in [0.25, 0.3) is 11.1 Å². The molecule has 0 fully saturated rings. The molecule has 186 valence electrons. The minimum absolute atomic E-state index is 0.000261. The van der Waals surface area contributed by atoms with Crippen molar-refractivity contribution in [1.82, 2.24) is 0 Å². The summed E-state index contributed by atoms with van der Waals surface area (Å²) in [5.41, 5.74) is 1.50. The first-order valence-electron chi connectivity index (χ1n) is 10.8. The maximum Gasteiger partial charge on any atom is 0.501 e. The monoisotopic (exact) mass is 538 g/mol. The van der Waals surface area contributed by atoms with Gasteiger partial charge in [-0.3, -0.25) is 0 Å². The summed E-state index contributed by atoms with van der Waals surface area (Å²) in [5.74, 6) is -1.38. The highest BCUT2D eigenvalue weighted by Crippen LogP contribution is 2.68. The van der Waals surface area contributed by atoms with Gasteiger partial charge >= 0.3 is 20.8 Å². The van der Waals surface area contributed by atoms with Gasteiger partial charge in [-0.05, 0) is 46.5 Å². The van der Waals surface area contributed by atoms with Gasteiger partial charge in [0.05, 0.1) is 5.41 Å². The van der Waals surface area contributed by atoms with Crippen LogP contribution in [0.5, 0.6) is 34.5 Å². The summed E-state index contributed by atoms with van der Waals surface area (Å²) in [6.07, 6.45) is 0. The molecule has 10 nitrogen and oxygen atoms in total. The molecule has 0 unspecified atom stereocenters. The van der Waals surface area contributed by atoms with Crippen LogP contribution in [-0.4, -0.2) is 27.0 Å². The summed E-state index contributed by atoms with van der Waals surface area (Å²) >= 11 is 0. The lowest BCUT2D eigenvalue weighted by atomic mass is 9.67. The highest BCUT2D eigenvalue weighted by atomic mass is 32.3. The molecule has 0 radical (unpaired) electrons. The van der Waals surface area contributed by atoms with Crippen molar-refractivity contribution in [2.75, 3.05) is 0 Å². The van der Waals surface area contributed by atoms with Gasteiger partial charge in [-0.1, -0.05) is 48.5 Å². The van der Waals surface area contributed by atoms with E-state index in [-0.39, 0.29) is 34.1 Å². The Bertz CT molecular complexity index is 1820. The van der Waals surface area contributed by atoms with E-state index in [1.165, 1.54) is 24.3 Å². The topological polar surface area (TPSA) is 146 Å². The van der Waals surface area contributed by atoms with Gasteiger partial charge in [0.1, 0.15) is 11.5 Å². The third-order valence-corrected chi connectivity index (χ3v) is 8.12. The van der Waals surface area contributed by atoms with E-state index in [0.29, 0.717) is 22.3 Å². The summed E-state index contributed by atoms with van der Waals surface area (Å²) in [7, 11) is -9.17. The van der Waals surface area contributed by atoms with Crippen LogP contribution in [0.1, 0.15) is 22.3 Å². The normalized spacial score (nSPS) is 18.3. The van der Waals surface area contributed by atoms with Crippen LogP contribution in [-0.2, 0) is 26.2 Å². The third kappa shape index (κ3) is 2.84. The van der Waals surface area contributed by atoms with E-state index in [0.717, 1.165) is 0 Å². The highest BCUT2D eigenvalue weighted by molar-refractivity contribution is 7.83. The summed E-state index contributed by atoms with van der Waals surface area (Å²) in [6, 6.07) is 19.6. The lowest BCUT2D eigenvalue weighted by molar-refractivity contribution is 0.421. The summed E-state index contributed by atoms with van der Waals surface area (Å²) in [5, 5.41) is 20.1. The molecule has 2 aliphatic heterocycles. The Morgan fingerprint density at radius 1 is 0.568 bits per heavy atom. The van der Waals surface area contributed by atoms with Gasteiger partial charge in [-0.15, -0.1) is 16.8 Å². The molecular weight excluding hydrogens is 524 g/mol. The first-order valence-corrected chi connectivity index (χ1v) is 13.5. The predicted octanol–water partition coefficient (Wildman–Crippen LogP) is 3.49. The fraction of sp³-hybridized carbons (Fsp3) is 0.0400. The van der Waals surface area contributed by atoms with Crippen molar-refractivity contribution in [1.29, 1.82) is 0 Å². The minimum atomic E-state index is -4.61. The van der Waals surface area contributed by atoms with Crippen LogP contribution in [0.2, 0.25) is 0 Å². The molecule has 0 bridgehead atoms. The molecular formula is C25H14O10S2. The van der Waals surface area contributed by atoms with Gasteiger partial charge in [-0.2, -0.15) is 0 Å². The number of phenolic OH excluding ortho intramolecular Hbond substituents is 2. The molecule has 7 rings (SSSR count). The van der Waals surface area contributed by atoms with Gasteiger partial charge in [0.15, 0.2) is 5.75 Å². The molecule has 2 N–H and O–H groups in total. The van der Waals surface area contributed by atoms with Crippen molar-refractivity contribution in [3.63, 3.8) is 0 Å². The Morgan fingerprint density at radius 2 is 1.03 bits per heavy atom. The molecule has 2 heterocycles. The molecule has 0 amide bonds. The number of aromatic hydroxyl groups is 2. The average molecular weight is 539 g/mol. The summed E-state index contributed by atoms with van der Waals surface area (Å²) in [6.45, 7) is 0. The lowest BCUT2D eigenvalue weighted by Crippen LogP contribution is -2.29.